The number of hydrogen-bond donors (Lipinski definition) is 0. The van der Waals surface area contributed by atoms with Crippen molar-refractivity contribution in [2.75, 3.05) is 0 Å². The van der Waals surface area contributed by atoms with Gasteiger partial charge in [0.1, 0.15) is 11.6 Å². The summed E-state index contributed by atoms with van der Waals surface area (Å²) in [4.78, 5) is 23.2. The summed E-state index contributed by atoms with van der Waals surface area (Å²) >= 11 is 0. The topological polar surface area (TPSA) is 34.1 Å². The van der Waals surface area contributed by atoms with E-state index in [0.29, 0.717) is 11.8 Å². The van der Waals surface area contributed by atoms with Crippen LogP contribution in [0.3, 0.4) is 0 Å². The third kappa shape index (κ3) is 9.19. The molecule has 0 aliphatic heterocycles. The molecule has 10 radical (unpaired) electrons. The quantitative estimate of drug-likeness (QED) is 0.396. The molecule has 2 fully saturated rings. The summed E-state index contributed by atoms with van der Waals surface area (Å²) in [7, 11) is 0. The van der Waals surface area contributed by atoms with Crippen LogP contribution in [0.4, 0.5) is 8.78 Å². The number of rotatable bonds is 6. The average Bonchev–Trinajstić information content (AvgIpc) is 3.53. The molecule has 2 nitrogen and oxygen atoms in total. The molecule has 164 valence electrons. The molecule has 5 heteroatoms. The number of ketones is 2. The summed E-state index contributed by atoms with van der Waals surface area (Å²) in [5.41, 5.74) is 1.61. The molecule has 0 atom stereocenters. The fourth-order valence-electron chi connectivity index (χ4n) is 2.76. The van der Waals surface area contributed by atoms with Crippen molar-refractivity contribution in [1.29, 1.82) is 0 Å². The second kappa shape index (κ2) is 14.0. The van der Waals surface area contributed by atoms with Gasteiger partial charge in [-0.05, 0) is 98.9 Å². The van der Waals surface area contributed by atoms with Gasteiger partial charge >= 0.3 is 17.1 Å². The monoisotopic (exact) mass is 482 g/mol. The van der Waals surface area contributed by atoms with Crippen molar-refractivity contribution in [3.8, 4) is 0 Å². The molecule has 0 N–H and O–H groups in total. The van der Waals surface area contributed by atoms with Crippen LogP contribution in [0.1, 0.15) is 11.1 Å². The van der Waals surface area contributed by atoms with Gasteiger partial charge in [0.2, 0.25) is 0 Å². The van der Waals surface area contributed by atoms with Crippen molar-refractivity contribution in [2.45, 2.75) is 0 Å². The fraction of sp³-hybridized carbons (Fsp3) is 0. The van der Waals surface area contributed by atoms with Crippen LogP contribution < -0.4 is 0 Å². The van der Waals surface area contributed by atoms with E-state index in [1.807, 2.05) is 25.7 Å². The van der Waals surface area contributed by atoms with E-state index in [0.717, 1.165) is 11.1 Å². The molecule has 2 aliphatic carbocycles. The molecule has 0 bridgehead atoms. The summed E-state index contributed by atoms with van der Waals surface area (Å²) in [6.07, 6.45) is 20.6. The molecule has 4 rings (SSSR count). The van der Waals surface area contributed by atoms with Crippen LogP contribution >= 0.6 is 0 Å². The summed E-state index contributed by atoms with van der Waals surface area (Å²) in [5.74, 6) is 0.680. The van der Waals surface area contributed by atoms with Crippen molar-refractivity contribution < 1.29 is 35.4 Å². The Balaban J connectivity index is 0.000000227. The molecule has 0 unspecified atom stereocenters. The normalized spacial score (nSPS) is 16.5. The summed E-state index contributed by atoms with van der Waals surface area (Å²) in [6.45, 7) is 0. The van der Waals surface area contributed by atoms with Gasteiger partial charge in [-0.2, -0.15) is 0 Å². The van der Waals surface area contributed by atoms with E-state index in [1.165, 1.54) is 36.4 Å². The van der Waals surface area contributed by atoms with Crippen LogP contribution in [-0.4, -0.2) is 11.6 Å². The van der Waals surface area contributed by atoms with Gasteiger partial charge in [0.05, 0.1) is 11.8 Å². The van der Waals surface area contributed by atoms with Gasteiger partial charge in [-0.1, -0.05) is 36.4 Å². The van der Waals surface area contributed by atoms with E-state index in [9.17, 15) is 18.4 Å². The fourth-order valence-corrected chi connectivity index (χ4v) is 2.76. The molecular weight excluding hydrogens is 462 g/mol. The van der Waals surface area contributed by atoms with Crippen molar-refractivity contribution in [2.24, 2.45) is 0 Å². The summed E-state index contributed by atoms with van der Waals surface area (Å²) in [6, 6.07) is 12.0. The van der Waals surface area contributed by atoms with E-state index in [2.05, 4.69) is 0 Å². The molecule has 2 aromatic carbocycles. The number of hydrogen-bond acceptors (Lipinski definition) is 2. The Hall–Kier alpha value is -2.36. The average molecular weight is 482 g/mol. The van der Waals surface area contributed by atoms with E-state index in [-0.39, 0.29) is 40.3 Å². The Bertz CT molecular complexity index is 857. The first-order valence-electron chi connectivity index (χ1n) is 9.91. The third-order valence-corrected chi connectivity index (χ3v) is 4.49. The molecular formula is C28H20F2FeO2+2. The van der Waals surface area contributed by atoms with Crippen LogP contribution in [0.2, 0.25) is 0 Å². The predicted molar refractivity (Wildman–Crippen MR) is 122 cm³/mol. The predicted octanol–water partition coefficient (Wildman–Crippen LogP) is 5.62. The molecule has 0 amide bonds. The Morgan fingerprint density at radius 1 is 0.545 bits per heavy atom. The van der Waals surface area contributed by atoms with Crippen molar-refractivity contribution in [1.82, 2.24) is 0 Å². The van der Waals surface area contributed by atoms with Gasteiger partial charge in [-0.3, -0.25) is 9.59 Å². The molecule has 2 aliphatic rings. The van der Waals surface area contributed by atoms with Gasteiger partial charge < -0.3 is 0 Å². The Morgan fingerprint density at radius 3 is 1.15 bits per heavy atom. The van der Waals surface area contributed by atoms with Crippen LogP contribution in [0.5, 0.6) is 0 Å². The zero-order valence-corrected chi connectivity index (χ0v) is 18.6. The van der Waals surface area contributed by atoms with Crippen LogP contribution in [0, 0.1) is 74.8 Å². The maximum absolute atomic E-state index is 12.6. The van der Waals surface area contributed by atoms with Crippen molar-refractivity contribution >= 4 is 23.7 Å². The standard InChI is InChI=1S/2C14H10FO.Fe/c2*15-13-8-5-11(6-9-13)7-10-14(16)12-3-1-2-4-12;/h2*1-10H;/q;;+2/b2*10-7+;. The number of carbonyl (C=O) groups is 2. The Kier molecular flexibility index (Phi) is 11.4. The third-order valence-electron chi connectivity index (χ3n) is 4.49. The molecule has 0 saturated heterocycles. The van der Waals surface area contributed by atoms with Crippen molar-refractivity contribution in [3.05, 3.63) is 147 Å². The zero-order chi connectivity index (χ0) is 22.8. The second-order valence-corrected chi connectivity index (χ2v) is 6.85. The van der Waals surface area contributed by atoms with E-state index in [1.54, 1.807) is 62.1 Å². The minimum Gasteiger partial charge on any atom is -0.294 e. The Morgan fingerprint density at radius 2 is 0.848 bits per heavy atom. The summed E-state index contributed by atoms with van der Waals surface area (Å²) < 4.78 is 25.2. The first kappa shape index (κ1) is 26.9. The minimum atomic E-state index is -0.278. The second-order valence-electron chi connectivity index (χ2n) is 6.85. The van der Waals surface area contributed by atoms with Crippen molar-refractivity contribution in [3.63, 3.8) is 0 Å². The molecule has 2 aromatic rings. The zero-order valence-electron chi connectivity index (χ0n) is 17.5. The van der Waals surface area contributed by atoms with Gasteiger partial charge in [0.25, 0.3) is 0 Å². The van der Waals surface area contributed by atoms with Crippen LogP contribution in [0.25, 0.3) is 12.2 Å². The largest absolute Gasteiger partial charge is 2.00 e. The first-order chi connectivity index (χ1) is 15.5. The van der Waals surface area contributed by atoms with Crippen LogP contribution in [-0.2, 0) is 26.7 Å². The van der Waals surface area contributed by atoms with E-state index in [4.69, 9.17) is 0 Å². The SMILES string of the molecule is O=C(/C=C/c1ccc(F)cc1)[C]1[CH][CH][CH][CH]1.O=C(/C=C/c1ccc(F)cc1)[C]1[CH][CH][CH][CH]1.[Fe+2]. The van der Waals surface area contributed by atoms with Gasteiger partial charge in [-0.15, -0.1) is 0 Å². The Labute approximate surface area is 205 Å². The minimum absolute atomic E-state index is 0. The smallest absolute Gasteiger partial charge is 0.294 e. The van der Waals surface area contributed by atoms with Crippen LogP contribution in [0.15, 0.2) is 60.7 Å². The van der Waals surface area contributed by atoms with Gasteiger partial charge in [0, 0.05) is 0 Å². The van der Waals surface area contributed by atoms with Gasteiger partial charge in [0.15, 0.2) is 11.6 Å². The molecule has 33 heavy (non-hydrogen) atoms. The molecule has 2 saturated carbocycles. The van der Waals surface area contributed by atoms with E-state index >= 15 is 0 Å². The number of carbonyl (C=O) groups excluding carboxylic acids is 2. The molecule has 0 spiro atoms. The van der Waals surface area contributed by atoms with Gasteiger partial charge in [-0.25, -0.2) is 8.78 Å². The maximum atomic E-state index is 12.6. The first-order valence-corrected chi connectivity index (χ1v) is 9.91. The number of benzene rings is 2. The number of halogens is 2. The summed E-state index contributed by atoms with van der Waals surface area (Å²) in [5, 5.41) is 0. The molecule has 0 heterocycles. The number of allylic oxidation sites excluding steroid dienone is 2. The van der Waals surface area contributed by atoms with E-state index < -0.39 is 0 Å². The maximum Gasteiger partial charge on any atom is 2.00 e. The molecule has 0 aromatic heterocycles.